The number of carbonyl (C=O) groups excluding carboxylic acids is 1. The summed E-state index contributed by atoms with van der Waals surface area (Å²) in [7, 11) is 0. The van der Waals surface area contributed by atoms with Crippen LogP contribution in [0.15, 0.2) is 4.79 Å². The summed E-state index contributed by atoms with van der Waals surface area (Å²) in [6.45, 7) is 9.28. The fourth-order valence-corrected chi connectivity index (χ4v) is 2.67. The molecule has 1 amide bonds. The van der Waals surface area contributed by atoms with Gasteiger partial charge in [-0.1, -0.05) is 12.8 Å². The fourth-order valence-electron chi connectivity index (χ4n) is 2.67. The number of aromatic nitrogens is 3. The highest BCUT2D eigenvalue weighted by molar-refractivity contribution is 5.76. The molecule has 1 aliphatic heterocycles. The normalized spacial score (nSPS) is 16.9. The van der Waals surface area contributed by atoms with Crippen molar-refractivity contribution in [2.24, 2.45) is 0 Å². The van der Waals surface area contributed by atoms with E-state index in [0.717, 1.165) is 25.9 Å². The Kier molecular flexibility index (Phi) is 4.54. The van der Waals surface area contributed by atoms with E-state index in [9.17, 15) is 9.59 Å². The van der Waals surface area contributed by atoms with Crippen molar-refractivity contribution >= 4 is 5.91 Å². The van der Waals surface area contributed by atoms with Gasteiger partial charge >= 0.3 is 5.69 Å². The van der Waals surface area contributed by atoms with Crippen LogP contribution < -0.4 is 5.69 Å². The molecule has 118 valence electrons. The third-order valence-electron chi connectivity index (χ3n) is 3.93. The first-order valence-corrected chi connectivity index (χ1v) is 7.75. The van der Waals surface area contributed by atoms with E-state index in [1.807, 2.05) is 25.7 Å². The summed E-state index contributed by atoms with van der Waals surface area (Å²) in [5.41, 5.74) is -0.582. The monoisotopic (exact) mass is 294 g/mol. The van der Waals surface area contributed by atoms with Gasteiger partial charge in [-0.15, -0.1) is 0 Å². The molecular weight excluding hydrogens is 268 g/mol. The molecule has 0 atom stereocenters. The quantitative estimate of drug-likeness (QED) is 0.830. The fraction of sp³-hybridized carbons (Fsp3) is 0.800. The number of carbonyl (C=O) groups is 1. The summed E-state index contributed by atoms with van der Waals surface area (Å²) >= 11 is 0. The van der Waals surface area contributed by atoms with Crippen molar-refractivity contribution in [2.75, 3.05) is 13.1 Å². The van der Waals surface area contributed by atoms with E-state index in [1.165, 1.54) is 22.1 Å². The molecule has 1 aromatic rings. The van der Waals surface area contributed by atoms with Gasteiger partial charge in [0, 0.05) is 13.1 Å². The zero-order valence-electron chi connectivity index (χ0n) is 13.6. The lowest BCUT2D eigenvalue weighted by Crippen LogP contribution is -2.40. The lowest BCUT2D eigenvalue weighted by atomic mass is 10.1. The SMILES string of the molecule is Cc1nn(C(C)(C)C)c(=O)n1CC(=O)N1CCCCCC1. The Morgan fingerprint density at radius 1 is 1.14 bits per heavy atom. The maximum atomic E-state index is 12.4. The molecule has 0 aromatic carbocycles. The zero-order valence-corrected chi connectivity index (χ0v) is 13.6. The van der Waals surface area contributed by atoms with Crippen LogP contribution >= 0.6 is 0 Å². The van der Waals surface area contributed by atoms with Crippen LogP contribution in [0.2, 0.25) is 0 Å². The predicted octanol–water partition coefficient (Wildman–Crippen LogP) is 1.51. The van der Waals surface area contributed by atoms with E-state index in [4.69, 9.17) is 0 Å². The maximum absolute atomic E-state index is 12.4. The first kappa shape index (κ1) is 15.8. The average molecular weight is 294 g/mol. The van der Waals surface area contributed by atoms with E-state index in [2.05, 4.69) is 5.10 Å². The van der Waals surface area contributed by atoms with Crippen LogP contribution in [0.5, 0.6) is 0 Å². The van der Waals surface area contributed by atoms with Crippen molar-refractivity contribution in [3.8, 4) is 0 Å². The molecule has 1 aliphatic rings. The molecule has 1 aromatic heterocycles. The van der Waals surface area contributed by atoms with Gasteiger partial charge in [0.05, 0.1) is 5.54 Å². The van der Waals surface area contributed by atoms with Crippen LogP contribution in [0.25, 0.3) is 0 Å². The van der Waals surface area contributed by atoms with Gasteiger partial charge in [0.15, 0.2) is 0 Å². The number of hydrogen-bond donors (Lipinski definition) is 0. The highest BCUT2D eigenvalue weighted by atomic mass is 16.2. The number of nitrogens with zero attached hydrogens (tertiary/aromatic N) is 4. The van der Waals surface area contributed by atoms with E-state index in [1.54, 1.807) is 6.92 Å². The minimum atomic E-state index is -0.376. The topological polar surface area (TPSA) is 60.1 Å². The van der Waals surface area contributed by atoms with Crippen LogP contribution in [-0.2, 0) is 16.9 Å². The zero-order chi connectivity index (χ0) is 15.6. The second-order valence-electron chi connectivity index (χ2n) is 6.79. The number of rotatable bonds is 2. The van der Waals surface area contributed by atoms with Crippen molar-refractivity contribution in [1.29, 1.82) is 0 Å². The molecule has 0 unspecified atom stereocenters. The van der Waals surface area contributed by atoms with Gasteiger partial charge in [-0.3, -0.25) is 9.36 Å². The molecule has 0 N–H and O–H groups in total. The second kappa shape index (κ2) is 6.03. The smallest absolute Gasteiger partial charge is 0.341 e. The van der Waals surface area contributed by atoms with Crippen LogP contribution in [-0.4, -0.2) is 38.2 Å². The minimum Gasteiger partial charge on any atom is -0.341 e. The van der Waals surface area contributed by atoms with Crippen LogP contribution in [0.1, 0.15) is 52.3 Å². The number of hydrogen-bond acceptors (Lipinski definition) is 3. The summed E-state index contributed by atoms with van der Waals surface area (Å²) in [6, 6.07) is 0. The minimum absolute atomic E-state index is 0.0237. The van der Waals surface area contributed by atoms with Gasteiger partial charge in [0.25, 0.3) is 0 Å². The number of likely N-dealkylation sites (tertiary alicyclic amines) is 1. The Hall–Kier alpha value is -1.59. The Morgan fingerprint density at radius 3 is 2.19 bits per heavy atom. The molecule has 0 spiro atoms. The molecule has 21 heavy (non-hydrogen) atoms. The Labute approximate surface area is 125 Å². The van der Waals surface area contributed by atoms with Crippen molar-refractivity contribution in [3.63, 3.8) is 0 Å². The van der Waals surface area contributed by atoms with Gasteiger partial charge in [0.2, 0.25) is 5.91 Å². The maximum Gasteiger partial charge on any atom is 0.346 e. The van der Waals surface area contributed by atoms with Crippen molar-refractivity contribution in [2.45, 2.75) is 65.5 Å². The average Bonchev–Trinajstić information content (AvgIpc) is 2.62. The van der Waals surface area contributed by atoms with Crippen LogP contribution in [0.4, 0.5) is 0 Å². The molecule has 1 saturated heterocycles. The Morgan fingerprint density at radius 2 is 1.71 bits per heavy atom. The molecule has 2 rings (SSSR count). The van der Waals surface area contributed by atoms with Gasteiger partial charge in [-0.25, -0.2) is 9.48 Å². The van der Waals surface area contributed by atoms with Crippen LogP contribution in [0.3, 0.4) is 0 Å². The Bertz CT molecular complexity index is 557. The second-order valence-corrected chi connectivity index (χ2v) is 6.79. The van der Waals surface area contributed by atoms with Gasteiger partial charge in [0.1, 0.15) is 12.4 Å². The van der Waals surface area contributed by atoms with Gasteiger partial charge in [-0.05, 0) is 40.5 Å². The van der Waals surface area contributed by atoms with E-state index < -0.39 is 0 Å². The third-order valence-corrected chi connectivity index (χ3v) is 3.93. The number of amides is 1. The molecule has 0 radical (unpaired) electrons. The first-order valence-electron chi connectivity index (χ1n) is 7.75. The number of aryl methyl sites for hydroxylation is 1. The first-order chi connectivity index (χ1) is 9.80. The molecule has 2 heterocycles. The van der Waals surface area contributed by atoms with Gasteiger partial charge < -0.3 is 4.90 Å². The van der Waals surface area contributed by atoms with Crippen molar-refractivity contribution in [3.05, 3.63) is 16.3 Å². The lowest BCUT2D eigenvalue weighted by Gasteiger charge is -2.20. The van der Waals surface area contributed by atoms with Gasteiger partial charge in [-0.2, -0.15) is 5.10 Å². The molecule has 6 nitrogen and oxygen atoms in total. The van der Waals surface area contributed by atoms with Crippen molar-refractivity contribution in [1.82, 2.24) is 19.2 Å². The van der Waals surface area contributed by atoms with Crippen LogP contribution in [0, 0.1) is 6.92 Å². The predicted molar refractivity (Wildman–Crippen MR) is 81.3 cm³/mol. The largest absolute Gasteiger partial charge is 0.346 e. The standard InChI is InChI=1S/C15H26N4O2/c1-12-16-19(15(2,3)4)14(21)18(12)11-13(20)17-9-7-5-6-8-10-17/h5-11H2,1-4H3. The third kappa shape index (κ3) is 3.54. The van der Waals surface area contributed by atoms with Crippen molar-refractivity contribution < 1.29 is 4.79 Å². The summed E-state index contributed by atoms with van der Waals surface area (Å²) < 4.78 is 2.94. The lowest BCUT2D eigenvalue weighted by molar-refractivity contribution is -0.131. The van der Waals surface area contributed by atoms with E-state index in [-0.39, 0.29) is 23.7 Å². The molecule has 0 saturated carbocycles. The van der Waals surface area contributed by atoms with E-state index >= 15 is 0 Å². The molecule has 1 fully saturated rings. The molecule has 6 heteroatoms. The Balaban J connectivity index is 2.18. The molecule has 0 bridgehead atoms. The molecular formula is C15H26N4O2. The summed E-state index contributed by atoms with van der Waals surface area (Å²) in [4.78, 5) is 26.7. The molecule has 0 aliphatic carbocycles. The highest BCUT2D eigenvalue weighted by Gasteiger charge is 2.23. The summed E-state index contributed by atoms with van der Waals surface area (Å²) in [5.74, 6) is 0.619. The van der Waals surface area contributed by atoms with E-state index in [0.29, 0.717) is 5.82 Å². The highest BCUT2D eigenvalue weighted by Crippen LogP contribution is 2.12. The summed E-state index contributed by atoms with van der Waals surface area (Å²) in [5, 5.41) is 4.29. The summed E-state index contributed by atoms with van der Waals surface area (Å²) in [6.07, 6.45) is 4.48.